The Balaban J connectivity index is 2.56. The third kappa shape index (κ3) is 2.34. The van der Waals surface area contributed by atoms with Gasteiger partial charge in [-0.1, -0.05) is 19.9 Å². The standard InChI is InChI=1S/C14H21N3/c1-9(2)7-13-12-8-11(10(3)15)5-6-14(12)17(4)16-13/h5-6,8-10H,7,15H2,1-4H3. The number of rotatable bonds is 3. The molecule has 3 nitrogen and oxygen atoms in total. The minimum absolute atomic E-state index is 0.0755. The van der Waals surface area contributed by atoms with Crippen molar-refractivity contribution >= 4 is 10.9 Å². The average Bonchev–Trinajstić information content (AvgIpc) is 2.54. The molecule has 1 atom stereocenters. The first kappa shape index (κ1) is 12.1. The number of nitrogens with zero attached hydrogens (tertiary/aromatic N) is 2. The lowest BCUT2D eigenvalue weighted by atomic mass is 10.0. The molecule has 0 aliphatic carbocycles. The molecule has 0 saturated carbocycles. The molecule has 1 unspecified atom stereocenters. The summed E-state index contributed by atoms with van der Waals surface area (Å²) in [4.78, 5) is 0. The Bertz CT molecular complexity index is 523. The second kappa shape index (κ2) is 4.49. The second-order valence-electron chi connectivity index (χ2n) is 5.23. The smallest absolute Gasteiger partial charge is 0.0705 e. The summed E-state index contributed by atoms with van der Waals surface area (Å²) in [5.41, 5.74) is 9.48. The van der Waals surface area contributed by atoms with Crippen LogP contribution < -0.4 is 5.73 Å². The zero-order valence-corrected chi connectivity index (χ0v) is 11.1. The van der Waals surface area contributed by atoms with Crippen molar-refractivity contribution in [1.29, 1.82) is 0 Å². The molecule has 1 aromatic heterocycles. The molecule has 0 fully saturated rings. The molecule has 0 bridgehead atoms. The van der Waals surface area contributed by atoms with Gasteiger partial charge in [-0.2, -0.15) is 5.10 Å². The topological polar surface area (TPSA) is 43.8 Å². The van der Waals surface area contributed by atoms with Crippen LogP contribution in [-0.4, -0.2) is 9.78 Å². The van der Waals surface area contributed by atoms with Crippen LogP contribution in [0.5, 0.6) is 0 Å². The summed E-state index contributed by atoms with van der Waals surface area (Å²) in [6.45, 7) is 6.45. The predicted octanol–water partition coefficient (Wildman–Crippen LogP) is 2.79. The molecule has 1 aromatic carbocycles. The van der Waals surface area contributed by atoms with E-state index in [1.165, 1.54) is 22.2 Å². The van der Waals surface area contributed by atoms with Gasteiger partial charge in [0.1, 0.15) is 0 Å². The van der Waals surface area contributed by atoms with Gasteiger partial charge in [-0.3, -0.25) is 4.68 Å². The first-order valence-corrected chi connectivity index (χ1v) is 6.20. The largest absolute Gasteiger partial charge is 0.324 e. The highest BCUT2D eigenvalue weighted by molar-refractivity contribution is 5.82. The number of aromatic nitrogens is 2. The molecule has 2 N–H and O–H groups in total. The first-order chi connectivity index (χ1) is 7.99. The van der Waals surface area contributed by atoms with Gasteiger partial charge >= 0.3 is 0 Å². The van der Waals surface area contributed by atoms with Crippen molar-refractivity contribution in [2.45, 2.75) is 33.2 Å². The molecule has 2 aromatic rings. The van der Waals surface area contributed by atoms with Crippen LogP contribution in [0.1, 0.15) is 38.1 Å². The number of hydrogen-bond acceptors (Lipinski definition) is 2. The van der Waals surface area contributed by atoms with Crippen molar-refractivity contribution in [3.05, 3.63) is 29.5 Å². The highest BCUT2D eigenvalue weighted by Crippen LogP contribution is 2.23. The number of fused-ring (bicyclic) bond motifs is 1. The van der Waals surface area contributed by atoms with Crippen LogP contribution in [0.2, 0.25) is 0 Å². The number of nitrogens with two attached hydrogens (primary N) is 1. The summed E-state index contributed by atoms with van der Waals surface area (Å²) in [6, 6.07) is 6.47. The fourth-order valence-corrected chi connectivity index (χ4v) is 2.18. The molecule has 92 valence electrons. The SMILES string of the molecule is CC(C)Cc1nn(C)c2ccc(C(C)N)cc12. The molecule has 0 amide bonds. The van der Waals surface area contributed by atoms with Gasteiger partial charge in [0, 0.05) is 18.5 Å². The summed E-state index contributed by atoms with van der Waals surface area (Å²) in [6.07, 6.45) is 1.01. The second-order valence-corrected chi connectivity index (χ2v) is 5.23. The van der Waals surface area contributed by atoms with Crippen LogP contribution in [0.3, 0.4) is 0 Å². The van der Waals surface area contributed by atoms with Gasteiger partial charge in [-0.15, -0.1) is 0 Å². The fourth-order valence-electron chi connectivity index (χ4n) is 2.18. The number of benzene rings is 1. The quantitative estimate of drug-likeness (QED) is 0.882. The molecule has 0 spiro atoms. The molecular formula is C14H21N3. The zero-order valence-electron chi connectivity index (χ0n) is 11.1. The van der Waals surface area contributed by atoms with Crippen molar-refractivity contribution in [1.82, 2.24) is 9.78 Å². The van der Waals surface area contributed by atoms with Crippen molar-refractivity contribution in [2.24, 2.45) is 18.7 Å². The fraction of sp³-hybridized carbons (Fsp3) is 0.500. The molecule has 0 aliphatic rings. The van der Waals surface area contributed by atoms with Crippen LogP contribution >= 0.6 is 0 Å². The van der Waals surface area contributed by atoms with Gasteiger partial charge in [0.2, 0.25) is 0 Å². The Morgan fingerprint density at radius 1 is 1.29 bits per heavy atom. The third-order valence-electron chi connectivity index (χ3n) is 3.08. The van der Waals surface area contributed by atoms with Crippen LogP contribution in [0.15, 0.2) is 18.2 Å². The van der Waals surface area contributed by atoms with Crippen molar-refractivity contribution in [2.75, 3.05) is 0 Å². The zero-order chi connectivity index (χ0) is 12.6. The van der Waals surface area contributed by atoms with Gasteiger partial charge in [-0.05, 0) is 37.0 Å². The minimum atomic E-state index is 0.0755. The van der Waals surface area contributed by atoms with Crippen LogP contribution in [0.25, 0.3) is 10.9 Å². The number of aryl methyl sites for hydroxylation is 1. The normalized spacial score (nSPS) is 13.5. The van der Waals surface area contributed by atoms with Crippen molar-refractivity contribution < 1.29 is 0 Å². The summed E-state index contributed by atoms with van der Waals surface area (Å²) < 4.78 is 1.96. The van der Waals surface area contributed by atoms with Gasteiger partial charge < -0.3 is 5.73 Å². The monoisotopic (exact) mass is 231 g/mol. The van der Waals surface area contributed by atoms with E-state index in [1.807, 2.05) is 18.7 Å². The van der Waals surface area contributed by atoms with Crippen molar-refractivity contribution in [3.8, 4) is 0 Å². The van der Waals surface area contributed by atoms with E-state index in [-0.39, 0.29) is 6.04 Å². The Labute approximate surface area is 103 Å². The molecule has 2 rings (SSSR count). The van der Waals surface area contributed by atoms with E-state index in [0.29, 0.717) is 5.92 Å². The minimum Gasteiger partial charge on any atom is -0.324 e. The lowest BCUT2D eigenvalue weighted by Gasteiger charge is -2.06. The van der Waals surface area contributed by atoms with E-state index in [0.717, 1.165) is 6.42 Å². The van der Waals surface area contributed by atoms with Gasteiger partial charge in [-0.25, -0.2) is 0 Å². The Morgan fingerprint density at radius 2 is 2.00 bits per heavy atom. The first-order valence-electron chi connectivity index (χ1n) is 6.20. The maximum Gasteiger partial charge on any atom is 0.0705 e. The Morgan fingerprint density at radius 3 is 2.59 bits per heavy atom. The summed E-state index contributed by atoms with van der Waals surface area (Å²) >= 11 is 0. The van der Waals surface area contributed by atoms with Crippen LogP contribution in [-0.2, 0) is 13.5 Å². The lowest BCUT2D eigenvalue weighted by Crippen LogP contribution is -2.04. The Hall–Kier alpha value is -1.35. The molecule has 0 radical (unpaired) electrons. The highest BCUT2D eigenvalue weighted by Gasteiger charge is 2.11. The molecule has 3 heteroatoms. The average molecular weight is 231 g/mol. The van der Waals surface area contributed by atoms with Crippen LogP contribution in [0.4, 0.5) is 0 Å². The van der Waals surface area contributed by atoms with E-state index in [4.69, 9.17) is 5.73 Å². The maximum atomic E-state index is 5.94. The predicted molar refractivity (Wildman–Crippen MR) is 71.9 cm³/mol. The van der Waals surface area contributed by atoms with Gasteiger partial charge in [0.25, 0.3) is 0 Å². The molecular weight excluding hydrogens is 210 g/mol. The number of hydrogen-bond donors (Lipinski definition) is 1. The van der Waals surface area contributed by atoms with Crippen molar-refractivity contribution in [3.63, 3.8) is 0 Å². The van der Waals surface area contributed by atoms with Gasteiger partial charge in [0.05, 0.1) is 11.2 Å². The van der Waals surface area contributed by atoms with E-state index >= 15 is 0 Å². The van der Waals surface area contributed by atoms with E-state index in [9.17, 15) is 0 Å². The lowest BCUT2D eigenvalue weighted by molar-refractivity contribution is 0.624. The van der Waals surface area contributed by atoms with Crippen LogP contribution in [0, 0.1) is 5.92 Å². The molecule has 1 heterocycles. The summed E-state index contributed by atoms with van der Waals surface area (Å²) in [5, 5.41) is 5.85. The molecule has 0 saturated heterocycles. The summed E-state index contributed by atoms with van der Waals surface area (Å²) in [5.74, 6) is 0.618. The summed E-state index contributed by atoms with van der Waals surface area (Å²) in [7, 11) is 2.00. The maximum absolute atomic E-state index is 5.94. The van der Waals surface area contributed by atoms with E-state index in [2.05, 4.69) is 37.1 Å². The molecule has 0 aliphatic heterocycles. The van der Waals surface area contributed by atoms with E-state index < -0.39 is 0 Å². The Kier molecular flexibility index (Phi) is 3.20. The highest BCUT2D eigenvalue weighted by atomic mass is 15.3. The van der Waals surface area contributed by atoms with E-state index in [1.54, 1.807) is 0 Å². The van der Waals surface area contributed by atoms with Gasteiger partial charge in [0.15, 0.2) is 0 Å². The third-order valence-corrected chi connectivity index (χ3v) is 3.08. The molecule has 17 heavy (non-hydrogen) atoms.